The molecule has 1 saturated heterocycles. The van der Waals surface area contributed by atoms with Gasteiger partial charge in [0.1, 0.15) is 6.10 Å². The van der Waals surface area contributed by atoms with Gasteiger partial charge in [0.15, 0.2) is 5.72 Å². The molecular formula is C11H11NO3. The first-order valence-corrected chi connectivity index (χ1v) is 4.97. The lowest BCUT2D eigenvalue weighted by atomic mass is 9.97. The molecule has 1 amide bonds. The largest absolute Gasteiger partial charge is 0.388 e. The minimum atomic E-state index is -1.49. The molecule has 2 atom stereocenters. The van der Waals surface area contributed by atoms with Crippen molar-refractivity contribution in [3.8, 4) is 0 Å². The van der Waals surface area contributed by atoms with Gasteiger partial charge in [0.2, 0.25) is 0 Å². The summed E-state index contributed by atoms with van der Waals surface area (Å²) in [7, 11) is 0. The summed E-state index contributed by atoms with van der Waals surface area (Å²) in [4.78, 5) is 13.2. The molecule has 0 bridgehead atoms. The van der Waals surface area contributed by atoms with Gasteiger partial charge in [0.05, 0.1) is 0 Å². The number of aliphatic hydroxyl groups is 2. The Bertz CT molecular complexity index is 445. The first-order chi connectivity index (χ1) is 7.15. The third-order valence-electron chi connectivity index (χ3n) is 3.30. The number of nitrogens with zero attached hydrogens (tertiary/aromatic N) is 1. The summed E-state index contributed by atoms with van der Waals surface area (Å²) in [6.45, 7) is 0.408. The van der Waals surface area contributed by atoms with Gasteiger partial charge in [-0.2, -0.15) is 0 Å². The highest BCUT2D eigenvalue weighted by molar-refractivity contribution is 6.00. The van der Waals surface area contributed by atoms with Crippen molar-refractivity contribution in [2.75, 3.05) is 6.54 Å². The van der Waals surface area contributed by atoms with Crippen LogP contribution in [0.15, 0.2) is 24.3 Å². The van der Waals surface area contributed by atoms with Crippen molar-refractivity contribution < 1.29 is 15.0 Å². The van der Waals surface area contributed by atoms with Crippen LogP contribution in [-0.2, 0) is 5.72 Å². The van der Waals surface area contributed by atoms with E-state index in [4.69, 9.17) is 0 Å². The second kappa shape index (κ2) is 2.59. The average Bonchev–Trinajstić information content (AvgIpc) is 2.66. The van der Waals surface area contributed by atoms with Gasteiger partial charge in [-0.1, -0.05) is 18.2 Å². The summed E-state index contributed by atoms with van der Waals surface area (Å²) in [6, 6.07) is 6.90. The van der Waals surface area contributed by atoms with Crippen LogP contribution in [0.1, 0.15) is 22.3 Å². The van der Waals surface area contributed by atoms with Crippen LogP contribution in [0, 0.1) is 0 Å². The predicted octanol–water partition coefficient (Wildman–Crippen LogP) is 0.0521. The van der Waals surface area contributed by atoms with Crippen LogP contribution in [0.25, 0.3) is 0 Å². The van der Waals surface area contributed by atoms with Crippen molar-refractivity contribution in [3.05, 3.63) is 35.4 Å². The second-order valence-electron chi connectivity index (χ2n) is 4.03. The Morgan fingerprint density at radius 1 is 1.40 bits per heavy atom. The van der Waals surface area contributed by atoms with Crippen LogP contribution in [-0.4, -0.2) is 33.7 Å². The molecule has 0 radical (unpaired) electrons. The molecule has 4 nitrogen and oxygen atoms in total. The number of rotatable bonds is 0. The summed E-state index contributed by atoms with van der Waals surface area (Å²) in [5.74, 6) is -0.190. The fourth-order valence-corrected chi connectivity index (χ4v) is 2.52. The van der Waals surface area contributed by atoms with E-state index in [1.165, 1.54) is 4.90 Å². The molecule has 2 heterocycles. The van der Waals surface area contributed by atoms with Crippen LogP contribution in [0.5, 0.6) is 0 Å². The summed E-state index contributed by atoms with van der Waals surface area (Å²) in [5.41, 5.74) is -0.466. The normalized spacial score (nSPS) is 33.1. The number of aliphatic hydroxyl groups excluding tert-OH is 1. The van der Waals surface area contributed by atoms with E-state index in [-0.39, 0.29) is 5.91 Å². The van der Waals surface area contributed by atoms with Gasteiger partial charge in [0.25, 0.3) is 5.91 Å². The standard InChI is InChI=1S/C11H11NO3/c13-9-5-6-12-10(14)7-3-1-2-4-8(7)11(9,12)15/h1-4,9,13,15H,5-6H2/t9-,11-/m0/s1. The summed E-state index contributed by atoms with van der Waals surface area (Å²) < 4.78 is 0. The van der Waals surface area contributed by atoms with E-state index < -0.39 is 11.8 Å². The fraction of sp³-hybridized carbons (Fsp3) is 0.364. The Labute approximate surface area is 86.8 Å². The lowest BCUT2D eigenvalue weighted by Crippen LogP contribution is -2.44. The van der Waals surface area contributed by atoms with Crippen molar-refractivity contribution in [1.29, 1.82) is 0 Å². The molecule has 0 aliphatic carbocycles. The molecule has 3 rings (SSSR count). The highest BCUT2D eigenvalue weighted by Crippen LogP contribution is 2.44. The number of amides is 1. The van der Waals surface area contributed by atoms with E-state index in [0.29, 0.717) is 24.1 Å². The van der Waals surface area contributed by atoms with Gasteiger partial charge >= 0.3 is 0 Å². The molecule has 0 saturated carbocycles. The SMILES string of the molecule is O=C1c2ccccc2[C@]2(O)[C@@H](O)CCN12. The maximum absolute atomic E-state index is 11.9. The molecule has 0 spiro atoms. The molecule has 2 N–H and O–H groups in total. The Hall–Kier alpha value is -1.39. The molecule has 1 aromatic carbocycles. The topological polar surface area (TPSA) is 60.8 Å². The van der Waals surface area contributed by atoms with Crippen LogP contribution in [0.3, 0.4) is 0 Å². The van der Waals surface area contributed by atoms with E-state index in [0.717, 1.165) is 0 Å². The van der Waals surface area contributed by atoms with E-state index in [2.05, 4.69) is 0 Å². The highest BCUT2D eigenvalue weighted by atomic mass is 16.4. The molecular weight excluding hydrogens is 194 g/mol. The van der Waals surface area contributed by atoms with Crippen LogP contribution < -0.4 is 0 Å². The molecule has 15 heavy (non-hydrogen) atoms. The lowest BCUT2D eigenvalue weighted by Gasteiger charge is -2.29. The number of carbonyl (C=O) groups is 1. The van der Waals surface area contributed by atoms with E-state index >= 15 is 0 Å². The second-order valence-corrected chi connectivity index (χ2v) is 4.03. The molecule has 1 aromatic rings. The Morgan fingerprint density at radius 3 is 2.93 bits per heavy atom. The minimum absolute atomic E-state index is 0.190. The highest BCUT2D eigenvalue weighted by Gasteiger charge is 2.56. The molecule has 1 fully saturated rings. The van der Waals surface area contributed by atoms with Gasteiger partial charge in [-0.05, 0) is 12.5 Å². The molecule has 2 aliphatic rings. The molecule has 0 aromatic heterocycles. The predicted molar refractivity (Wildman–Crippen MR) is 52.0 cm³/mol. The van der Waals surface area contributed by atoms with Gasteiger partial charge in [-0.3, -0.25) is 4.79 Å². The van der Waals surface area contributed by atoms with Crippen LogP contribution >= 0.6 is 0 Å². The summed E-state index contributed by atoms with van der Waals surface area (Å²) >= 11 is 0. The van der Waals surface area contributed by atoms with Crippen LogP contribution in [0.2, 0.25) is 0 Å². The molecule has 0 unspecified atom stereocenters. The van der Waals surface area contributed by atoms with Crippen molar-refractivity contribution in [2.24, 2.45) is 0 Å². The number of carbonyl (C=O) groups excluding carboxylic acids is 1. The average molecular weight is 205 g/mol. The van der Waals surface area contributed by atoms with E-state index in [1.54, 1.807) is 24.3 Å². The molecule has 78 valence electrons. The number of fused-ring (bicyclic) bond motifs is 3. The minimum Gasteiger partial charge on any atom is -0.388 e. The smallest absolute Gasteiger partial charge is 0.256 e. The van der Waals surface area contributed by atoms with Crippen molar-refractivity contribution in [1.82, 2.24) is 4.90 Å². The van der Waals surface area contributed by atoms with Gasteiger partial charge < -0.3 is 15.1 Å². The van der Waals surface area contributed by atoms with Crippen molar-refractivity contribution in [3.63, 3.8) is 0 Å². The summed E-state index contributed by atoms with van der Waals surface area (Å²) in [6.07, 6.45) is -0.457. The maximum atomic E-state index is 11.9. The van der Waals surface area contributed by atoms with Gasteiger partial charge in [-0.25, -0.2) is 0 Å². The zero-order valence-corrected chi connectivity index (χ0v) is 8.05. The number of hydrogen-bond donors (Lipinski definition) is 2. The van der Waals surface area contributed by atoms with E-state index in [9.17, 15) is 15.0 Å². The third-order valence-corrected chi connectivity index (χ3v) is 3.30. The van der Waals surface area contributed by atoms with Crippen molar-refractivity contribution in [2.45, 2.75) is 18.2 Å². The lowest BCUT2D eigenvalue weighted by molar-refractivity contribution is -0.123. The van der Waals surface area contributed by atoms with Gasteiger partial charge in [-0.15, -0.1) is 0 Å². The number of hydrogen-bond acceptors (Lipinski definition) is 3. The maximum Gasteiger partial charge on any atom is 0.256 e. The first-order valence-electron chi connectivity index (χ1n) is 4.97. The van der Waals surface area contributed by atoms with Crippen molar-refractivity contribution >= 4 is 5.91 Å². The van der Waals surface area contributed by atoms with E-state index in [1.807, 2.05) is 0 Å². The zero-order chi connectivity index (χ0) is 10.6. The summed E-state index contributed by atoms with van der Waals surface area (Å²) in [5, 5.41) is 20.2. The Kier molecular flexibility index (Phi) is 1.53. The number of benzene rings is 1. The molecule has 2 aliphatic heterocycles. The third kappa shape index (κ3) is 0.861. The van der Waals surface area contributed by atoms with Crippen LogP contribution in [0.4, 0.5) is 0 Å². The zero-order valence-electron chi connectivity index (χ0n) is 8.05. The Balaban J connectivity index is 2.26. The Morgan fingerprint density at radius 2 is 2.13 bits per heavy atom. The van der Waals surface area contributed by atoms with Gasteiger partial charge in [0, 0.05) is 17.7 Å². The molecule has 4 heteroatoms. The first kappa shape index (κ1) is 8.88. The fourth-order valence-electron chi connectivity index (χ4n) is 2.52. The monoisotopic (exact) mass is 205 g/mol. The quantitative estimate of drug-likeness (QED) is 0.629.